The second-order valence-corrected chi connectivity index (χ2v) is 5.07. The minimum absolute atomic E-state index is 0.0662. The van der Waals surface area contributed by atoms with Crippen LogP contribution in [0.25, 0.3) is 22.3 Å². The average molecular weight is 306 g/mol. The molecule has 2 aromatic carbocycles. The molecule has 0 saturated heterocycles. The summed E-state index contributed by atoms with van der Waals surface area (Å²) in [7, 11) is 0. The third-order valence-corrected chi connectivity index (χ3v) is 3.67. The Hall–Kier alpha value is -3.28. The van der Waals surface area contributed by atoms with Crippen LogP contribution >= 0.6 is 0 Å². The van der Waals surface area contributed by atoms with Crippen molar-refractivity contribution in [1.29, 1.82) is 0 Å². The quantitative estimate of drug-likeness (QED) is 0.572. The number of hydrogen-bond acceptors (Lipinski definition) is 3. The first-order valence-electron chi connectivity index (χ1n) is 6.99. The van der Waals surface area contributed by atoms with Crippen molar-refractivity contribution in [2.24, 2.45) is 0 Å². The molecule has 23 heavy (non-hydrogen) atoms. The predicted octanol–water partition coefficient (Wildman–Crippen LogP) is 2.71. The molecule has 4 aromatic rings. The van der Waals surface area contributed by atoms with Gasteiger partial charge in [0.1, 0.15) is 18.5 Å². The lowest BCUT2D eigenvalue weighted by Crippen LogP contribution is -2.07. The van der Waals surface area contributed by atoms with E-state index in [0.29, 0.717) is 5.39 Å². The molecule has 0 spiro atoms. The Balaban J connectivity index is 2.00. The van der Waals surface area contributed by atoms with E-state index in [9.17, 15) is 9.18 Å². The van der Waals surface area contributed by atoms with Crippen LogP contribution in [0.5, 0.6) is 0 Å². The fraction of sp³-hybridized carbons (Fsp3) is 0. The molecular weight excluding hydrogens is 295 g/mol. The Morgan fingerprint density at radius 2 is 1.74 bits per heavy atom. The summed E-state index contributed by atoms with van der Waals surface area (Å²) in [5.41, 5.74) is 2.21. The molecule has 4 rings (SSSR count). The molecule has 2 heterocycles. The van der Waals surface area contributed by atoms with Gasteiger partial charge in [-0.25, -0.2) is 14.1 Å². The maximum Gasteiger partial charge on any atom is 0.189 e. The maximum atomic E-state index is 13.2. The number of benzene rings is 2. The van der Waals surface area contributed by atoms with Crippen LogP contribution in [0.4, 0.5) is 4.39 Å². The molecule has 0 N–H and O–H groups in total. The summed E-state index contributed by atoms with van der Waals surface area (Å²) in [6.07, 6.45) is 4.72. The number of aromatic nitrogens is 4. The highest BCUT2D eigenvalue weighted by Gasteiger charge is 2.07. The Bertz CT molecular complexity index is 1040. The highest BCUT2D eigenvalue weighted by molar-refractivity contribution is 5.82. The number of halogens is 1. The van der Waals surface area contributed by atoms with Gasteiger partial charge in [-0.2, -0.15) is 5.10 Å². The zero-order valence-electron chi connectivity index (χ0n) is 11.9. The van der Waals surface area contributed by atoms with Gasteiger partial charge in [0, 0.05) is 23.3 Å². The molecule has 0 amide bonds. The minimum atomic E-state index is -0.303. The molecule has 0 aliphatic carbocycles. The summed E-state index contributed by atoms with van der Waals surface area (Å²) in [4.78, 5) is 16.0. The summed E-state index contributed by atoms with van der Waals surface area (Å²) in [6.45, 7) is 0. The van der Waals surface area contributed by atoms with E-state index in [1.807, 2.05) is 16.7 Å². The predicted molar refractivity (Wildman–Crippen MR) is 84.4 cm³/mol. The molecular formula is C17H11FN4O. The van der Waals surface area contributed by atoms with Crippen molar-refractivity contribution >= 4 is 10.9 Å². The van der Waals surface area contributed by atoms with Crippen LogP contribution in [0.3, 0.4) is 0 Å². The highest BCUT2D eigenvalue weighted by atomic mass is 19.1. The summed E-state index contributed by atoms with van der Waals surface area (Å²) >= 11 is 0. The van der Waals surface area contributed by atoms with Crippen molar-refractivity contribution in [3.8, 4) is 11.4 Å². The van der Waals surface area contributed by atoms with Crippen molar-refractivity contribution < 1.29 is 4.39 Å². The van der Waals surface area contributed by atoms with Gasteiger partial charge in [0.15, 0.2) is 5.43 Å². The third-order valence-electron chi connectivity index (χ3n) is 3.67. The van der Waals surface area contributed by atoms with E-state index in [-0.39, 0.29) is 11.2 Å². The first-order valence-corrected chi connectivity index (χ1v) is 6.99. The molecule has 112 valence electrons. The van der Waals surface area contributed by atoms with Gasteiger partial charge >= 0.3 is 0 Å². The van der Waals surface area contributed by atoms with Gasteiger partial charge in [-0.3, -0.25) is 4.79 Å². The van der Waals surface area contributed by atoms with Crippen LogP contribution in [-0.4, -0.2) is 19.3 Å². The lowest BCUT2D eigenvalue weighted by Gasteiger charge is -2.12. The SMILES string of the molecule is O=c1ccn(-c2ccc(F)cc2)c2cc(-n3cncn3)ccc12. The van der Waals surface area contributed by atoms with Gasteiger partial charge in [-0.05, 0) is 42.5 Å². The van der Waals surface area contributed by atoms with Crippen LogP contribution in [-0.2, 0) is 0 Å². The lowest BCUT2D eigenvalue weighted by atomic mass is 10.1. The topological polar surface area (TPSA) is 52.7 Å². The molecule has 0 aliphatic heterocycles. The summed E-state index contributed by atoms with van der Waals surface area (Å²) in [6, 6.07) is 13.0. The van der Waals surface area contributed by atoms with E-state index < -0.39 is 0 Å². The van der Waals surface area contributed by atoms with Gasteiger partial charge in [-0.15, -0.1) is 0 Å². The van der Waals surface area contributed by atoms with E-state index in [4.69, 9.17) is 0 Å². The smallest absolute Gasteiger partial charge is 0.189 e. The number of nitrogens with zero attached hydrogens (tertiary/aromatic N) is 4. The van der Waals surface area contributed by atoms with Gasteiger partial charge in [0.25, 0.3) is 0 Å². The largest absolute Gasteiger partial charge is 0.316 e. The zero-order chi connectivity index (χ0) is 15.8. The van der Waals surface area contributed by atoms with Crippen LogP contribution in [0, 0.1) is 5.82 Å². The van der Waals surface area contributed by atoms with E-state index in [0.717, 1.165) is 16.9 Å². The molecule has 0 radical (unpaired) electrons. The Labute approximate surface area is 130 Å². The molecule has 0 saturated carbocycles. The third kappa shape index (κ3) is 2.30. The standard InChI is InChI=1S/C17H11FN4O/c18-12-1-3-13(4-2-12)21-8-7-17(23)15-6-5-14(9-16(15)21)22-11-19-10-20-22/h1-11H. The first kappa shape index (κ1) is 13.4. The van der Waals surface area contributed by atoms with Gasteiger partial charge in [-0.1, -0.05) is 0 Å². The van der Waals surface area contributed by atoms with Crippen LogP contribution in [0.15, 0.2) is 72.2 Å². The van der Waals surface area contributed by atoms with Crippen molar-refractivity contribution in [1.82, 2.24) is 19.3 Å². The van der Waals surface area contributed by atoms with Gasteiger partial charge in [0.05, 0.1) is 11.2 Å². The lowest BCUT2D eigenvalue weighted by molar-refractivity contribution is 0.627. The molecule has 2 aromatic heterocycles. The maximum absolute atomic E-state index is 13.2. The second-order valence-electron chi connectivity index (χ2n) is 5.07. The fourth-order valence-electron chi connectivity index (χ4n) is 2.55. The molecule has 0 aliphatic rings. The van der Waals surface area contributed by atoms with E-state index in [1.165, 1.54) is 24.5 Å². The van der Waals surface area contributed by atoms with E-state index >= 15 is 0 Å². The first-order chi connectivity index (χ1) is 11.2. The minimum Gasteiger partial charge on any atom is -0.316 e. The molecule has 0 unspecified atom stereocenters. The van der Waals surface area contributed by atoms with Gasteiger partial charge < -0.3 is 4.57 Å². The van der Waals surface area contributed by atoms with Crippen LogP contribution in [0.2, 0.25) is 0 Å². The molecule has 0 fully saturated rings. The van der Waals surface area contributed by atoms with Crippen LogP contribution < -0.4 is 5.43 Å². The Morgan fingerprint density at radius 3 is 2.48 bits per heavy atom. The zero-order valence-corrected chi connectivity index (χ0v) is 11.9. The molecule has 0 bridgehead atoms. The second kappa shape index (κ2) is 5.17. The summed E-state index contributed by atoms with van der Waals surface area (Å²) in [5.74, 6) is -0.303. The average Bonchev–Trinajstić information content (AvgIpc) is 3.11. The summed E-state index contributed by atoms with van der Waals surface area (Å²) < 4.78 is 16.6. The number of hydrogen-bond donors (Lipinski definition) is 0. The summed E-state index contributed by atoms with van der Waals surface area (Å²) in [5, 5.41) is 4.68. The highest BCUT2D eigenvalue weighted by Crippen LogP contribution is 2.19. The molecule has 5 nitrogen and oxygen atoms in total. The van der Waals surface area contributed by atoms with Crippen molar-refractivity contribution in [3.05, 3.63) is 83.4 Å². The van der Waals surface area contributed by atoms with Crippen molar-refractivity contribution in [2.75, 3.05) is 0 Å². The van der Waals surface area contributed by atoms with E-state index in [1.54, 1.807) is 35.4 Å². The Kier molecular flexibility index (Phi) is 3.01. The fourth-order valence-corrected chi connectivity index (χ4v) is 2.55. The van der Waals surface area contributed by atoms with Crippen molar-refractivity contribution in [3.63, 3.8) is 0 Å². The van der Waals surface area contributed by atoms with E-state index in [2.05, 4.69) is 10.1 Å². The molecule has 6 heteroatoms. The normalized spacial score (nSPS) is 11.0. The number of pyridine rings is 1. The molecule has 0 atom stereocenters. The van der Waals surface area contributed by atoms with Crippen LogP contribution in [0.1, 0.15) is 0 Å². The Morgan fingerprint density at radius 1 is 0.957 bits per heavy atom. The number of fused-ring (bicyclic) bond motifs is 1. The number of rotatable bonds is 2. The van der Waals surface area contributed by atoms with Crippen molar-refractivity contribution in [2.45, 2.75) is 0 Å². The monoisotopic (exact) mass is 306 g/mol. The van der Waals surface area contributed by atoms with Gasteiger partial charge in [0.2, 0.25) is 0 Å².